The molecule has 1 heterocycles. The molecule has 0 fully saturated rings. The Morgan fingerprint density at radius 2 is 1.41 bits per heavy atom. The molecule has 172 valence electrons. The second kappa shape index (κ2) is 8.98. The molecule has 1 aliphatic heterocycles. The quantitative estimate of drug-likeness (QED) is 0.516. The van der Waals surface area contributed by atoms with Crippen LogP contribution in [0.2, 0.25) is 0 Å². The van der Waals surface area contributed by atoms with Crippen LogP contribution in [0.3, 0.4) is 0 Å². The van der Waals surface area contributed by atoms with Crippen LogP contribution in [-0.2, 0) is 14.4 Å². The van der Waals surface area contributed by atoms with Gasteiger partial charge in [0.2, 0.25) is 5.91 Å². The lowest BCUT2D eigenvalue weighted by Gasteiger charge is -2.18. The highest BCUT2D eigenvalue weighted by Gasteiger charge is 2.41. The maximum absolute atomic E-state index is 13.7. The van der Waals surface area contributed by atoms with Crippen LogP contribution in [0.4, 0.5) is 17.1 Å². The predicted octanol–water partition coefficient (Wildman–Crippen LogP) is 5.28. The van der Waals surface area contributed by atoms with E-state index in [9.17, 15) is 14.4 Å². The van der Waals surface area contributed by atoms with Gasteiger partial charge in [0.15, 0.2) is 0 Å². The summed E-state index contributed by atoms with van der Waals surface area (Å²) in [6.45, 7) is 9.21. The van der Waals surface area contributed by atoms with Crippen molar-refractivity contribution in [2.24, 2.45) is 0 Å². The van der Waals surface area contributed by atoms with Crippen molar-refractivity contribution in [1.82, 2.24) is 0 Å². The Morgan fingerprint density at radius 3 is 2.06 bits per heavy atom. The third kappa shape index (κ3) is 4.35. The van der Waals surface area contributed by atoms with Crippen LogP contribution in [0.15, 0.2) is 66.4 Å². The summed E-state index contributed by atoms with van der Waals surface area (Å²) in [4.78, 5) is 40.0. The number of hydrogen-bond donors (Lipinski definition) is 2. The first-order chi connectivity index (χ1) is 16.2. The van der Waals surface area contributed by atoms with E-state index in [1.54, 1.807) is 24.3 Å². The van der Waals surface area contributed by atoms with Gasteiger partial charge in [-0.15, -0.1) is 0 Å². The Labute approximate surface area is 199 Å². The molecule has 3 aromatic carbocycles. The largest absolute Gasteiger partial charge is 0.350 e. The minimum Gasteiger partial charge on any atom is -0.350 e. The molecule has 0 spiro atoms. The number of hydrogen-bond acceptors (Lipinski definition) is 4. The fourth-order valence-electron chi connectivity index (χ4n) is 4.10. The van der Waals surface area contributed by atoms with Crippen molar-refractivity contribution in [1.29, 1.82) is 0 Å². The van der Waals surface area contributed by atoms with E-state index in [0.717, 1.165) is 27.9 Å². The van der Waals surface area contributed by atoms with Crippen LogP contribution in [0, 0.1) is 27.7 Å². The van der Waals surface area contributed by atoms with Gasteiger partial charge < -0.3 is 10.6 Å². The highest BCUT2D eigenvalue weighted by molar-refractivity contribution is 6.46. The number of benzene rings is 3. The Bertz CT molecular complexity index is 1350. The summed E-state index contributed by atoms with van der Waals surface area (Å²) in [5.41, 5.74) is 6.92. The van der Waals surface area contributed by atoms with Gasteiger partial charge in [-0.2, -0.15) is 0 Å². The van der Waals surface area contributed by atoms with E-state index in [4.69, 9.17) is 0 Å². The lowest BCUT2D eigenvalue weighted by atomic mass is 10.0. The summed E-state index contributed by atoms with van der Waals surface area (Å²) in [6.07, 6.45) is 0. The number of nitrogens with one attached hydrogen (secondary N) is 2. The Hall–Kier alpha value is -4.19. The third-order valence-corrected chi connectivity index (χ3v) is 5.82. The van der Waals surface area contributed by atoms with Gasteiger partial charge in [0, 0.05) is 18.3 Å². The van der Waals surface area contributed by atoms with Crippen molar-refractivity contribution in [3.8, 4) is 0 Å². The molecule has 3 aromatic rings. The zero-order valence-electron chi connectivity index (χ0n) is 19.9. The van der Waals surface area contributed by atoms with Crippen LogP contribution in [0.25, 0.3) is 5.57 Å². The average molecular weight is 454 g/mol. The molecule has 4 rings (SSSR count). The van der Waals surface area contributed by atoms with Crippen molar-refractivity contribution in [3.05, 3.63) is 94.2 Å². The van der Waals surface area contributed by atoms with Gasteiger partial charge in [-0.3, -0.25) is 14.4 Å². The van der Waals surface area contributed by atoms with Gasteiger partial charge in [-0.1, -0.05) is 42.0 Å². The molecule has 0 radical (unpaired) electrons. The van der Waals surface area contributed by atoms with Crippen LogP contribution in [0.5, 0.6) is 0 Å². The molecule has 6 heteroatoms. The van der Waals surface area contributed by atoms with Gasteiger partial charge in [-0.05, 0) is 74.2 Å². The maximum Gasteiger partial charge on any atom is 0.282 e. The summed E-state index contributed by atoms with van der Waals surface area (Å²) < 4.78 is 0. The van der Waals surface area contributed by atoms with Crippen molar-refractivity contribution in [3.63, 3.8) is 0 Å². The summed E-state index contributed by atoms with van der Waals surface area (Å²) in [6, 6.07) is 18.5. The highest BCUT2D eigenvalue weighted by atomic mass is 16.2. The molecule has 0 atom stereocenters. The van der Waals surface area contributed by atoms with Crippen molar-refractivity contribution < 1.29 is 14.4 Å². The Kier molecular flexibility index (Phi) is 6.07. The Balaban J connectivity index is 1.83. The molecule has 3 amide bonds. The monoisotopic (exact) mass is 453 g/mol. The molecular formula is C28H27N3O3. The Morgan fingerprint density at radius 1 is 0.765 bits per heavy atom. The molecule has 0 saturated heterocycles. The number of carbonyl (C=O) groups is 3. The van der Waals surface area contributed by atoms with Gasteiger partial charge in [-0.25, -0.2) is 4.90 Å². The smallest absolute Gasteiger partial charge is 0.282 e. The van der Waals surface area contributed by atoms with Crippen LogP contribution < -0.4 is 15.5 Å². The second-order valence-electron chi connectivity index (χ2n) is 8.69. The minimum absolute atomic E-state index is 0.183. The van der Waals surface area contributed by atoms with Gasteiger partial charge in [0.25, 0.3) is 11.8 Å². The number of imide groups is 1. The van der Waals surface area contributed by atoms with E-state index in [-0.39, 0.29) is 11.6 Å². The van der Waals surface area contributed by atoms with Crippen molar-refractivity contribution in [2.45, 2.75) is 34.6 Å². The van der Waals surface area contributed by atoms with Crippen LogP contribution in [0.1, 0.15) is 34.7 Å². The molecule has 2 N–H and O–H groups in total. The van der Waals surface area contributed by atoms with Crippen molar-refractivity contribution >= 4 is 40.4 Å². The van der Waals surface area contributed by atoms with Crippen LogP contribution in [-0.4, -0.2) is 17.7 Å². The molecule has 0 aliphatic carbocycles. The minimum atomic E-state index is -0.403. The summed E-state index contributed by atoms with van der Waals surface area (Å²) >= 11 is 0. The molecule has 0 aromatic heterocycles. The van der Waals surface area contributed by atoms with E-state index in [1.165, 1.54) is 11.8 Å². The number of anilines is 3. The van der Waals surface area contributed by atoms with E-state index >= 15 is 0 Å². The molecule has 1 aliphatic rings. The van der Waals surface area contributed by atoms with Crippen LogP contribution >= 0.6 is 0 Å². The van der Waals surface area contributed by atoms with E-state index in [0.29, 0.717) is 22.5 Å². The fourth-order valence-corrected chi connectivity index (χ4v) is 4.10. The zero-order valence-corrected chi connectivity index (χ0v) is 19.9. The number of amides is 3. The predicted molar refractivity (Wildman–Crippen MR) is 136 cm³/mol. The van der Waals surface area contributed by atoms with E-state index in [1.807, 2.05) is 64.1 Å². The number of aryl methyl sites for hydroxylation is 4. The molecule has 6 nitrogen and oxygen atoms in total. The molecule has 34 heavy (non-hydrogen) atoms. The molecular weight excluding hydrogens is 426 g/mol. The first-order valence-corrected chi connectivity index (χ1v) is 11.1. The zero-order chi connectivity index (χ0) is 24.6. The first kappa shape index (κ1) is 23.0. The average Bonchev–Trinajstić information content (AvgIpc) is 3.01. The standard InChI is InChI=1S/C28H27N3O3/c1-16-7-13-23(19(4)14-16)30-26-25(21-9-11-22(12-10-21)29-20(5)32)27(33)31(28(26)34)24-15-17(2)6-8-18(24)3/h6-15,30H,1-5H3,(H,29,32). The number of nitrogens with zero attached hydrogens (tertiary/aromatic N) is 1. The summed E-state index contributed by atoms with van der Waals surface area (Å²) in [5.74, 6) is -0.977. The molecule has 0 saturated carbocycles. The summed E-state index contributed by atoms with van der Waals surface area (Å²) in [5, 5.41) is 5.97. The highest BCUT2D eigenvalue weighted by Crippen LogP contribution is 2.36. The second-order valence-corrected chi connectivity index (χ2v) is 8.69. The van der Waals surface area contributed by atoms with E-state index in [2.05, 4.69) is 10.6 Å². The lowest BCUT2D eigenvalue weighted by molar-refractivity contribution is -0.120. The molecule has 0 unspecified atom stereocenters. The lowest BCUT2D eigenvalue weighted by Crippen LogP contribution is -2.33. The SMILES string of the molecule is CC(=O)Nc1ccc(C2=C(Nc3ccc(C)cc3C)C(=O)N(c3cc(C)ccc3C)C2=O)cc1. The third-order valence-electron chi connectivity index (χ3n) is 5.82. The maximum atomic E-state index is 13.7. The number of carbonyl (C=O) groups excluding carboxylic acids is 3. The van der Waals surface area contributed by atoms with Crippen molar-refractivity contribution in [2.75, 3.05) is 15.5 Å². The first-order valence-electron chi connectivity index (χ1n) is 11.1. The normalized spacial score (nSPS) is 13.5. The van der Waals surface area contributed by atoms with Gasteiger partial charge in [0.05, 0.1) is 11.3 Å². The van der Waals surface area contributed by atoms with Gasteiger partial charge in [0.1, 0.15) is 5.70 Å². The fraction of sp³-hybridized carbons (Fsp3) is 0.179. The van der Waals surface area contributed by atoms with Gasteiger partial charge >= 0.3 is 0 Å². The number of rotatable bonds is 5. The topological polar surface area (TPSA) is 78.5 Å². The summed E-state index contributed by atoms with van der Waals surface area (Å²) in [7, 11) is 0. The van der Waals surface area contributed by atoms with E-state index < -0.39 is 11.8 Å². The molecule has 0 bridgehead atoms.